The first-order valence-corrected chi connectivity index (χ1v) is 5.68. The van der Waals surface area contributed by atoms with E-state index in [9.17, 15) is 5.11 Å². The minimum Gasteiger partial charge on any atom is -0.392 e. The molecule has 2 rings (SSSR count). The highest BCUT2D eigenvalue weighted by Crippen LogP contribution is 2.32. The Hall–Kier alpha value is -1.29. The van der Waals surface area contributed by atoms with Crippen molar-refractivity contribution in [2.24, 2.45) is 0 Å². The molecular weight excluding hydrogens is 259 g/mol. The van der Waals surface area contributed by atoms with Crippen LogP contribution in [0.3, 0.4) is 0 Å². The number of rotatable bonds is 2. The molecule has 1 aromatic carbocycles. The number of nitrogens with two attached hydrogens (primary N) is 1. The van der Waals surface area contributed by atoms with E-state index in [1.807, 2.05) is 0 Å². The summed E-state index contributed by atoms with van der Waals surface area (Å²) in [5.74, 6) is 0.364. The highest BCUT2D eigenvalue weighted by molar-refractivity contribution is 6.36. The van der Waals surface area contributed by atoms with Gasteiger partial charge in [0.05, 0.1) is 6.61 Å². The summed E-state index contributed by atoms with van der Waals surface area (Å²) in [6.45, 7) is -0.124. The average molecular weight is 269 g/mol. The minimum absolute atomic E-state index is 0.124. The lowest BCUT2D eigenvalue weighted by molar-refractivity contribution is 0.282. The summed E-state index contributed by atoms with van der Waals surface area (Å²) in [5, 5.41) is 10.4. The standard InChI is InChI=1S/C12H10Cl2N2O/c13-8-1-2-9(11(14)4-8)10-5-16-12(15)3-7(10)6-17/h1-5,17H,6H2,(H2,15,16). The maximum Gasteiger partial charge on any atom is 0.123 e. The van der Waals surface area contributed by atoms with Crippen molar-refractivity contribution in [2.45, 2.75) is 6.61 Å². The normalized spacial score (nSPS) is 10.5. The highest BCUT2D eigenvalue weighted by atomic mass is 35.5. The quantitative estimate of drug-likeness (QED) is 0.880. The predicted octanol–water partition coefficient (Wildman–Crippen LogP) is 3.13. The maximum absolute atomic E-state index is 9.30. The van der Waals surface area contributed by atoms with Crippen molar-refractivity contribution < 1.29 is 5.11 Å². The molecule has 0 spiro atoms. The van der Waals surface area contributed by atoms with E-state index >= 15 is 0 Å². The third-order valence-corrected chi connectivity index (χ3v) is 2.95. The topological polar surface area (TPSA) is 59.1 Å². The van der Waals surface area contributed by atoms with Gasteiger partial charge in [0.25, 0.3) is 0 Å². The lowest BCUT2D eigenvalue weighted by Gasteiger charge is -2.09. The van der Waals surface area contributed by atoms with Crippen LogP contribution in [0.25, 0.3) is 11.1 Å². The van der Waals surface area contributed by atoms with Gasteiger partial charge >= 0.3 is 0 Å². The van der Waals surface area contributed by atoms with Crippen LogP contribution < -0.4 is 5.73 Å². The summed E-state index contributed by atoms with van der Waals surface area (Å²) in [6.07, 6.45) is 1.59. The SMILES string of the molecule is Nc1cc(CO)c(-c2ccc(Cl)cc2Cl)cn1. The summed E-state index contributed by atoms with van der Waals surface area (Å²) in [7, 11) is 0. The molecule has 3 N–H and O–H groups in total. The van der Waals surface area contributed by atoms with E-state index in [1.54, 1.807) is 30.5 Å². The van der Waals surface area contributed by atoms with Gasteiger partial charge in [-0.15, -0.1) is 0 Å². The van der Waals surface area contributed by atoms with Gasteiger partial charge in [-0.2, -0.15) is 0 Å². The first-order valence-electron chi connectivity index (χ1n) is 4.92. The number of benzene rings is 1. The van der Waals surface area contributed by atoms with Gasteiger partial charge in [-0.3, -0.25) is 0 Å². The van der Waals surface area contributed by atoms with Crippen LogP contribution in [-0.2, 0) is 6.61 Å². The van der Waals surface area contributed by atoms with Gasteiger partial charge < -0.3 is 10.8 Å². The number of aliphatic hydroxyl groups is 1. The van der Waals surface area contributed by atoms with E-state index < -0.39 is 0 Å². The van der Waals surface area contributed by atoms with Crippen molar-refractivity contribution in [1.82, 2.24) is 4.98 Å². The summed E-state index contributed by atoms with van der Waals surface area (Å²) >= 11 is 11.9. The molecule has 0 fully saturated rings. The van der Waals surface area contributed by atoms with E-state index in [4.69, 9.17) is 28.9 Å². The maximum atomic E-state index is 9.30. The summed E-state index contributed by atoms with van der Waals surface area (Å²) in [6, 6.07) is 6.80. The smallest absolute Gasteiger partial charge is 0.123 e. The van der Waals surface area contributed by atoms with Crippen molar-refractivity contribution in [2.75, 3.05) is 5.73 Å². The van der Waals surface area contributed by atoms with Gasteiger partial charge in [0.1, 0.15) is 5.82 Å². The molecule has 0 radical (unpaired) electrons. The molecule has 2 aromatic rings. The zero-order valence-corrected chi connectivity index (χ0v) is 10.3. The number of hydrogen-bond acceptors (Lipinski definition) is 3. The van der Waals surface area contributed by atoms with Crippen molar-refractivity contribution >= 4 is 29.0 Å². The molecule has 0 aliphatic heterocycles. The van der Waals surface area contributed by atoms with Crippen molar-refractivity contribution in [1.29, 1.82) is 0 Å². The van der Waals surface area contributed by atoms with Gasteiger partial charge in [-0.1, -0.05) is 29.3 Å². The van der Waals surface area contributed by atoms with E-state index in [0.717, 1.165) is 11.1 Å². The van der Waals surface area contributed by atoms with E-state index in [1.165, 1.54) is 0 Å². The Morgan fingerprint density at radius 2 is 1.94 bits per heavy atom. The second-order valence-electron chi connectivity index (χ2n) is 3.55. The number of halogens is 2. The van der Waals surface area contributed by atoms with Crippen LogP contribution in [0.1, 0.15) is 5.56 Å². The Kier molecular flexibility index (Phi) is 3.52. The number of aliphatic hydroxyl groups excluding tert-OH is 1. The molecule has 0 unspecified atom stereocenters. The van der Waals surface area contributed by atoms with Crippen LogP contribution >= 0.6 is 23.2 Å². The molecule has 0 aliphatic carbocycles. The highest BCUT2D eigenvalue weighted by Gasteiger charge is 2.09. The van der Waals surface area contributed by atoms with E-state index in [0.29, 0.717) is 21.4 Å². The fourth-order valence-corrected chi connectivity index (χ4v) is 2.11. The van der Waals surface area contributed by atoms with Crippen molar-refractivity contribution in [3.8, 4) is 11.1 Å². The van der Waals surface area contributed by atoms with E-state index in [2.05, 4.69) is 4.98 Å². The minimum atomic E-state index is -0.124. The van der Waals surface area contributed by atoms with Crippen LogP contribution in [0.2, 0.25) is 10.0 Å². The first-order chi connectivity index (χ1) is 8.11. The molecule has 1 heterocycles. The average Bonchev–Trinajstić information content (AvgIpc) is 2.30. The molecule has 0 atom stereocenters. The molecule has 0 aliphatic rings. The zero-order valence-electron chi connectivity index (χ0n) is 8.82. The molecular formula is C12H10Cl2N2O. The zero-order chi connectivity index (χ0) is 12.4. The molecule has 17 heavy (non-hydrogen) atoms. The Morgan fingerprint density at radius 3 is 2.59 bits per heavy atom. The van der Waals surface area contributed by atoms with Crippen LogP contribution in [0, 0.1) is 0 Å². The molecule has 3 nitrogen and oxygen atoms in total. The van der Waals surface area contributed by atoms with Crippen LogP contribution in [0.15, 0.2) is 30.5 Å². The van der Waals surface area contributed by atoms with Gasteiger partial charge in [0.15, 0.2) is 0 Å². The molecule has 5 heteroatoms. The lowest BCUT2D eigenvalue weighted by Crippen LogP contribution is -1.96. The van der Waals surface area contributed by atoms with Gasteiger partial charge in [0, 0.05) is 27.4 Å². The number of aromatic nitrogens is 1. The molecule has 1 aromatic heterocycles. The lowest BCUT2D eigenvalue weighted by atomic mass is 10.0. The van der Waals surface area contributed by atoms with Crippen LogP contribution in [-0.4, -0.2) is 10.1 Å². The number of anilines is 1. The van der Waals surface area contributed by atoms with Crippen LogP contribution in [0.5, 0.6) is 0 Å². The number of hydrogen-bond donors (Lipinski definition) is 2. The fourth-order valence-electron chi connectivity index (χ4n) is 1.60. The summed E-state index contributed by atoms with van der Waals surface area (Å²) in [5.41, 5.74) is 7.77. The monoisotopic (exact) mass is 268 g/mol. The number of nitrogens with zero attached hydrogens (tertiary/aromatic N) is 1. The first kappa shape index (κ1) is 12.2. The summed E-state index contributed by atoms with van der Waals surface area (Å²) < 4.78 is 0. The third kappa shape index (κ3) is 2.52. The predicted molar refractivity (Wildman–Crippen MR) is 70.0 cm³/mol. The molecule has 88 valence electrons. The summed E-state index contributed by atoms with van der Waals surface area (Å²) in [4.78, 5) is 4.00. The third-order valence-electron chi connectivity index (χ3n) is 2.40. The van der Waals surface area contributed by atoms with Crippen molar-refractivity contribution in [3.05, 3.63) is 46.1 Å². The van der Waals surface area contributed by atoms with Crippen LogP contribution in [0.4, 0.5) is 5.82 Å². The van der Waals surface area contributed by atoms with Crippen molar-refractivity contribution in [3.63, 3.8) is 0 Å². The largest absolute Gasteiger partial charge is 0.392 e. The number of pyridine rings is 1. The second kappa shape index (κ2) is 4.92. The molecule has 0 bridgehead atoms. The van der Waals surface area contributed by atoms with Gasteiger partial charge in [-0.05, 0) is 23.8 Å². The van der Waals surface area contributed by atoms with Gasteiger partial charge in [0.2, 0.25) is 0 Å². The Labute approximate surface area is 109 Å². The Bertz CT molecular complexity index is 558. The molecule has 0 amide bonds. The van der Waals surface area contributed by atoms with E-state index in [-0.39, 0.29) is 6.61 Å². The Balaban J connectivity index is 2.60. The van der Waals surface area contributed by atoms with Gasteiger partial charge in [-0.25, -0.2) is 4.98 Å². The fraction of sp³-hybridized carbons (Fsp3) is 0.0833. The number of nitrogen functional groups attached to an aromatic ring is 1. The Morgan fingerprint density at radius 1 is 1.18 bits per heavy atom. The molecule has 0 saturated carbocycles. The molecule has 0 saturated heterocycles. The second-order valence-corrected chi connectivity index (χ2v) is 4.39.